The fraction of sp³-hybridized carbons (Fsp3) is 0.909. The van der Waals surface area contributed by atoms with E-state index in [1.807, 2.05) is 4.90 Å². The van der Waals surface area contributed by atoms with Crippen LogP contribution in [0.25, 0.3) is 0 Å². The Morgan fingerprint density at radius 3 is 2.57 bits per heavy atom. The van der Waals surface area contributed by atoms with Crippen LogP contribution in [-0.4, -0.2) is 48.4 Å². The molecule has 1 aliphatic rings. The van der Waals surface area contributed by atoms with Crippen molar-refractivity contribution >= 4 is 5.91 Å². The van der Waals surface area contributed by atoms with Crippen molar-refractivity contribution in [2.45, 2.75) is 33.1 Å². The molecule has 1 rings (SSSR count). The number of likely N-dealkylation sites (tertiary alicyclic amines) is 1. The van der Waals surface area contributed by atoms with Gasteiger partial charge in [-0.1, -0.05) is 13.8 Å². The predicted octanol–water partition coefficient (Wildman–Crippen LogP) is 1.34. The molecule has 1 amide bonds. The van der Waals surface area contributed by atoms with Crippen molar-refractivity contribution in [2.24, 2.45) is 0 Å². The van der Waals surface area contributed by atoms with Crippen LogP contribution in [-0.2, 0) is 4.79 Å². The number of amides is 1. The molecule has 82 valence electrons. The normalized spacial score (nSPS) is 17.9. The minimum Gasteiger partial charge on any atom is -0.341 e. The van der Waals surface area contributed by atoms with E-state index in [0.717, 1.165) is 45.6 Å². The summed E-state index contributed by atoms with van der Waals surface area (Å²) < 4.78 is 0. The van der Waals surface area contributed by atoms with Gasteiger partial charge in [0.05, 0.1) is 0 Å². The Labute approximate surface area is 87.1 Å². The topological polar surface area (TPSA) is 23.6 Å². The first kappa shape index (κ1) is 11.5. The van der Waals surface area contributed by atoms with Gasteiger partial charge in [-0.2, -0.15) is 0 Å². The number of hydrogen-bond donors (Lipinski definition) is 0. The van der Waals surface area contributed by atoms with Crippen molar-refractivity contribution in [3.05, 3.63) is 0 Å². The van der Waals surface area contributed by atoms with Gasteiger partial charge in [-0.15, -0.1) is 0 Å². The van der Waals surface area contributed by atoms with Crippen molar-refractivity contribution in [2.75, 3.05) is 32.7 Å². The van der Waals surface area contributed by atoms with Crippen molar-refractivity contribution in [1.82, 2.24) is 9.80 Å². The van der Waals surface area contributed by atoms with Gasteiger partial charge in [-0.05, 0) is 25.9 Å². The molecule has 1 fully saturated rings. The minimum atomic E-state index is 0.350. The first-order chi connectivity index (χ1) is 6.77. The van der Waals surface area contributed by atoms with Crippen LogP contribution < -0.4 is 0 Å². The number of nitrogens with zero attached hydrogens (tertiary/aromatic N) is 2. The third-order valence-corrected chi connectivity index (χ3v) is 3.00. The van der Waals surface area contributed by atoms with E-state index in [-0.39, 0.29) is 0 Å². The lowest BCUT2D eigenvalue weighted by Gasteiger charge is -2.29. The number of piperidine rings is 1. The monoisotopic (exact) mass is 198 g/mol. The minimum absolute atomic E-state index is 0.350. The molecule has 1 heterocycles. The molecule has 1 saturated heterocycles. The largest absolute Gasteiger partial charge is 0.341 e. The van der Waals surface area contributed by atoms with Crippen LogP contribution in [0.3, 0.4) is 0 Å². The van der Waals surface area contributed by atoms with Gasteiger partial charge in [-0.3, -0.25) is 4.79 Å². The number of likely N-dealkylation sites (N-methyl/N-ethyl adjacent to an activating group) is 1. The van der Waals surface area contributed by atoms with E-state index in [1.165, 1.54) is 6.42 Å². The van der Waals surface area contributed by atoms with Crippen LogP contribution in [0.15, 0.2) is 0 Å². The third-order valence-electron chi connectivity index (χ3n) is 3.00. The van der Waals surface area contributed by atoms with E-state index in [0.29, 0.717) is 5.91 Å². The van der Waals surface area contributed by atoms with Gasteiger partial charge in [0.2, 0.25) is 5.91 Å². The van der Waals surface area contributed by atoms with Crippen LogP contribution in [0.5, 0.6) is 0 Å². The number of rotatable bonds is 5. The molecule has 0 aromatic rings. The van der Waals surface area contributed by atoms with Crippen LogP contribution in [0, 0.1) is 0 Å². The summed E-state index contributed by atoms with van der Waals surface area (Å²) in [5.74, 6) is 0.350. The first-order valence-corrected chi connectivity index (χ1v) is 5.78. The summed E-state index contributed by atoms with van der Waals surface area (Å²) in [6.07, 6.45) is 3.03. The van der Waals surface area contributed by atoms with Crippen LogP contribution in [0.4, 0.5) is 0 Å². The van der Waals surface area contributed by atoms with E-state index < -0.39 is 0 Å². The molecular weight excluding hydrogens is 176 g/mol. The molecule has 3 nitrogen and oxygen atoms in total. The summed E-state index contributed by atoms with van der Waals surface area (Å²) in [5, 5.41) is 0. The maximum Gasteiger partial charge on any atom is 0.222 e. The van der Waals surface area contributed by atoms with Gasteiger partial charge in [0.15, 0.2) is 0 Å². The summed E-state index contributed by atoms with van der Waals surface area (Å²) in [6.45, 7) is 9.42. The molecule has 1 aliphatic heterocycles. The van der Waals surface area contributed by atoms with Crippen molar-refractivity contribution in [3.63, 3.8) is 0 Å². The molecule has 0 bridgehead atoms. The second-order valence-electron chi connectivity index (χ2n) is 3.86. The third kappa shape index (κ3) is 3.29. The molecule has 0 aromatic carbocycles. The molecule has 0 aromatic heterocycles. The Hall–Kier alpha value is -0.570. The average Bonchev–Trinajstić information content (AvgIpc) is 2.22. The summed E-state index contributed by atoms with van der Waals surface area (Å²) in [4.78, 5) is 15.9. The van der Waals surface area contributed by atoms with E-state index in [2.05, 4.69) is 18.7 Å². The maximum atomic E-state index is 11.5. The predicted molar refractivity (Wildman–Crippen MR) is 58.2 cm³/mol. The Kier molecular flexibility index (Phi) is 4.94. The molecule has 0 atom stereocenters. The zero-order valence-corrected chi connectivity index (χ0v) is 9.46. The second-order valence-corrected chi connectivity index (χ2v) is 3.86. The van der Waals surface area contributed by atoms with E-state index >= 15 is 0 Å². The SMILES string of the molecule is CCN(CC)CCN1CCCCC1=O. The first-order valence-electron chi connectivity index (χ1n) is 5.78. The molecule has 0 saturated carbocycles. The fourth-order valence-electron chi connectivity index (χ4n) is 1.90. The lowest BCUT2D eigenvalue weighted by molar-refractivity contribution is -0.133. The number of hydrogen-bond acceptors (Lipinski definition) is 2. The Balaban J connectivity index is 2.25. The smallest absolute Gasteiger partial charge is 0.222 e. The van der Waals surface area contributed by atoms with Crippen LogP contribution in [0.2, 0.25) is 0 Å². The van der Waals surface area contributed by atoms with Crippen molar-refractivity contribution < 1.29 is 4.79 Å². The Morgan fingerprint density at radius 1 is 1.29 bits per heavy atom. The molecule has 0 radical (unpaired) electrons. The standard InChI is InChI=1S/C11H22N2O/c1-3-12(4-2)9-10-13-8-6-5-7-11(13)14/h3-10H2,1-2H3. The average molecular weight is 198 g/mol. The highest BCUT2D eigenvalue weighted by molar-refractivity contribution is 5.76. The van der Waals surface area contributed by atoms with Gasteiger partial charge in [0.1, 0.15) is 0 Å². The zero-order chi connectivity index (χ0) is 10.4. The molecular formula is C11H22N2O. The Morgan fingerprint density at radius 2 is 2.00 bits per heavy atom. The summed E-state index contributed by atoms with van der Waals surface area (Å²) in [7, 11) is 0. The highest BCUT2D eigenvalue weighted by Crippen LogP contribution is 2.09. The molecule has 3 heteroatoms. The van der Waals surface area contributed by atoms with E-state index in [9.17, 15) is 4.79 Å². The van der Waals surface area contributed by atoms with E-state index in [1.54, 1.807) is 0 Å². The zero-order valence-electron chi connectivity index (χ0n) is 9.46. The fourth-order valence-corrected chi connectivity index (χ4v) is 1.90. The van der Waals surface area contributed by atoms with Crippen LogP contribution in [0.1, 0.15) is 33.1 Å². The highest BCUT2D eigenvalue weighted by atomic mass is 16.2. The highest BCUT2D eigenvalue weighted by Gasteiger charge is 2.17. The summed E-state index contributed by atoms with van der Waals surface area (Å²) in [6, 6.07) is 0. The van der Waals surface area contributed by atoms with Gasteiger partial charge >= 0.3 is 0 Å². The van der Waals surface area contributed by atoms with Gasteiger partial charge in [-0.25, -0.2) is 0 Å². The number of carbonyl (C=O) groups excluding carboxylic acids is 1. The molecule has 0 N–H and O–H groups in total. The van der Waals surface area contributed by atoms with E-state index in [4.69, 9.17) is 0 Å². The summed E-state index contributed by atoms with van der Waals surface area (Å²) in [5.41, 5.74) is 0. The number of carbonyl (C=O) groups is 1. The second kappa shape index (κ2) is 6.02. The lowest BCUT2D eigenvalue weighted by atomic mass is 10.1. The maximum absolute atomic E-state index is 11.5. The molecule has 0 spiro atoms. The van der Waals surface area contributed by atoms with Gasteiger partial charge < -0.3 is 9.80 Å². The Bertz CT molecular complexity index is 178. The summed E-state index contributed by atoms with van der Waals surface area (Å²) >= 11 is 0. The molecule has 0 aliphatic carbocycles. The lowest BCUT2D eigenvalue weighted by Crippen LogP contribution is -2.41. The molecule has 14 heavy (non-hydrogen) atoms. The molecule has 0 unspecified atom stereocenters. The van der Waals surface area contributed by atoms with Gasteiger partial charge in [0, 0.05) is 26.1 Å². The van der Waals surface area contributed by atoms with Crippen LogP contribution >= 0.6 is 0 Å². The quantitative estimate of drug-likeness (QED) is 0.665. The van der Waals surface area contributed by atoms with Gasteiger partial charge in [0.25, 0.3) is 0 Å². The van der Waals surface area contributed by atoms with Crippen molar-refractivity contribution in [1.29, 1.82) is 0 Å². The van der Waals surface area contributed by atoms with Crippen molar-refractivity contribution in [3.8, 4) is 0 Å².